The van der Waals surface area contributed by atoms with Crippen molar-refractivity contribution < 1.29 is 14.3 Å². The van der Waals surface area contributed by atoms with E-state index in [0.29, 0.717) is 11.3 Å². The van der Waals surface area contributed by atoms with Gasteiger partial charge in [0.1, 0.15) is 17.4 Å². The molecule has 2 aromatic rings. The fourth-order valence-electron chi connectivity index (χ4n) is 3.29. The molecule has 30 heavy (non-hydrogen) atoms. The number of benzene rings is 2. The topological polar surface area (TPSA) is 91.2 Å². The molecule has 154 valence electrons. The average Bonchev–Trinajstić information content (AvgIpc) is 3.26. The highest BCUT2D eigenvalue weighted by Crippen LogP contribution is 2.19. The second kappa shape index (κ2) is 10.3. The molecule has 1 aliphatic rings. The van der Waals surface area contributed by atoms with Gasteiger partial charge in [0.15, 0.2) is 6.61 Å². The summed E-state index contributed by atoms with van der Waals surface area (Å²) in [5, 5.41) is 15.0. The molecular formula is C24H25N3O3. The predicted octanol–water partition coefficient (Wildman–Crippen LogP) is 3.98. The monoisotopic (exact) mass is 403 g/mol. The Morgan fingerprint density at radius 3 is 2.40 bits per heavy atom. The number of amides is 2. The van der Waals surface area contributed by atoms with Crippen molar-refractivity contribution in [2.45, 2.75) is 38.6 Å². The number of hydrogen-bond donors (Lipinski definition) is 2. The van der Waals surface area contributed by atoms with Crippen LogP contribution in [0.4, 0.5) is 5.69 Å². The molecule has 0 saturated heterocycles. The summed E-state index contributed by atoms with van der Waals surface area (Å²) in [7, 11) is 0. The van der Waals surface area contributed by atoms with Crippen LogP contribution in [0.5, 0.6) is 5.75 Å². The number of nitrogens with one attached hydrogen (secondary N) is 2. The molecule has 0 heterocycles. The number of carbonyl (C=O) groups is 2. The average molecular weight is 403 g/mol. The van der Waals surface area contributed by atoms with Crippen molar-refractivity contribution in [2.24, 2.45) is 0 Å². The number of hydrogen-bond acceptors (Lipinski definition) is 4. The van der Waals surface area contributed by atoms with Crippen LogP contribution < -0.4 is 15.4 Å². The number of nitrogens with zero attached hydrogens (tertiary/aromatic N) is 1. The van der Waals surface area contributed by atoms with E-state index >= 15 is 0 Å². The zero-order valence-electron chi connectivity index (χ0n) is 17.0. The Morgan fingerprint density at radius 2 is 1.77 bits per heavy atom. The van der Waals surface area contributed by atoms with Crippen molar-refractivity contribution in [2.75, 3.05) is 11.9 Å². The number of carbonyl (C=O) groups excluding carboxylic acids is 2. The fraction of sp³-hybridized carbons (Fsp3) is 0.292. The van der Waals surface area contributed by atoms with Crippen LogP contribution in [0.25, 0.3) is 6.08 Å². The van der Waals surface area contributed by atoms with Crippen LogP contribution in [-0.2, 0) is 9.59 Å². The Morgan fingerprint density at radius 1 is 1.10 bits per heavy atom. The molecule has 0 aliphatic heterocycles. The van der Waals surface area contributed by atoms with Gasteiger partial charge in [-0.25, -0.2) is 0 Å². The Bertz CT molecular complexity index is 951. The summed E-state index contributed by atoms with van der Waals surface area (Å²) >= 11 is 0. The third-order valence-corrected chi connectivity index (χ3v) is 4.95. The van der Waals surface area contributed by atoms with E-state index in [9.17, 15) is 14.9 Å². The van der Waals surface area contributed by atoms with E-state index in [-0.39, 0.29) is 30.0 Å². The van der Waals surface area contributed by atoms with Gasteiger partial charge in [-0.2, -0.15) is 5.26 Å². The smallest absolute Gasteiger partial charge is 0.262 e. The highest BCUT2D eigenvalue weighted by Gasteiger charge is 2.19. The van der Waals surface area contributed by atoms with Gasteiger partial charge < -0.3 is 15.4 Å². The first-order chi connectivity index (χ1) is 14.5. The third kappa shape index (κ3) is 6.21. The first kappa shape index (κ1) is 21.1. The SMILES string of the molecule is Cc1ccc(NC(=O)COc2ccc(/C=C(/C#N)C(=O)NC3CCCC3)cc2)cc1. The Hall–Kier alpha value is -3.59. The van der Waals surface area contributed by atoms with Crippen LogP contribution in [0.15, 0.2) is 54.1 Å². The standard InChI is InChI=1S/C24H25N3O3/c1-17-6-10-21(11-7-17)26-23(28)16-30-22-12-8-18(9-13-22)14-19(15-25)24(29)27-20-4-2-3-5-20/h6-14,20H,2-5,16H2,1H3,(H,26,28)(H,27,29)/b19-14-. The molecule has 0 unspecified atom stereocenters. The minimum Gasteiger partial charge on any atom is -0.484 e. The minimum absolute atomic E-state index is 0.0769. The lowest BCUT2D eigenvalue weighted by Crippen LogP contribution is -2.33. The Labute approximate surface area is 176 Å². The molecule has 2 aromatic carbocycles. The molecule has 3 rings (SSSR count). The molecular weight excluding hydrogens is 378 g/mol. The first-order valence-corrected chi connectivity index (χ1v) is 10.1. The van der Waals surface area contributed by atoms with Gasteiger partial charge >= 0.3 is 0 Å². The van der Waals surface area contributed by atoms with Crippen LogP contribution >= 0.6 is 0 Å². The molecule has 1 saturated carbocycles. The minimum atomic E-state index is -0.336. The van der Waals surface area contributed by atoms with E-state index in [2.05, 4.69) is 10.6 Å². The lowest BCUT2D eigenvalue weighted by Gasteiger charge is -2.11. The molecule has 1 aliphatic carbocycles. The summed E-state index contributed by atoms with van der Waals surface area (Å²) in [6.07, 6.45) is 5.71. The van der Waals surface area contributed by atoms with Gasteiger partial charge in [0.25, 0.3) is 11.8 Å². The quantitative estimate of drug-likeness (QED) is 0.540. The van der Waals surface area contributed by atoms with Crippen molar-refractivity contribution in [1.29, 1.82) is 5.26 Å². The number of ether oxygens (including phenoxy) is 1. The summed E-state index contributed by atoms with van der Waals surface area (Å²) < 4.78 is 5.51. The van der Waals surface area contributed by atoms with Gasteiger partial charge in [-0.3, -0.25) is 9.59 Å². The third-order valence-electron chi connectivity index (χ3n) is 4.95. The lowest BCUT2D eigenvalue weighted by atomic mass is 10.1. The molecule has 6 nitrogen and oxygen atoms in total. The number of nitriles is 1. The van der Waals surface area contributed by atoms with Gasteiger partial charge in [0, 0.05) is 11.7 Å². The van der Waals surface area contributed by atoms with Crippen LogP contribution in [0.1, 0.15) is 36.8 Å². The maximum Gasteiger partial charge on any atom is 0.262 e. The van der Waals surface area contributed by atoms with Crippen LogP contribution in [-0.4, -0.2) is 24.5 Å². The summed E-state index contributed by atoms with van der Waals surface area (Å²) in [4.78, 5) is 24.3. The number of aryl methyl sites for hydroxylation is 1. The molecule has 0 spiro atoms. The second-order valence-electron chi connectivity index (χ2n) is 7.40. The van der Waals surface area contributed by atoms with Gasteiger partial charge in [-0.05, 0) is 55.7 Å². The molecule has 0 bridgehead atoms. The van der Waals surface area contributed by atoms with E-state index < -0.39 is 0 Å². The summed E-state index contributed by atoms with van der Waals surface area (Å²) in [6.45, 7) is 1.87. The van der Waals surface area contributed by atoms with E-state index in [1.807, 2.05) is 37.3 Å². The normalized spacial score (nSPS) is 14.1. The van der Waals surface area contributed by atoms with E-state index in [1.165, 1.54) is 0 Å². The van der Waals surface area contributed by atoms with Gasteiger partial charge in [0.2, 0.25) is 0 Å². The molecule has 0 atom stereocenters. The number of rotatable bonds is 7. The van der Waals surface area contributed by atoms with Crippen molar-refractivity contribution >= 4 is 23.6 Å². The van der Waals surface area contributed by atoms with Gasteiger partial charge in [-0.1, -0.05) is 42.7 Å². The summed E-state index contributed by atoms with van der Waals surface area (Å²) in [5.74, 6) is -0.0594. The largest absolute Gasteiger partial charge is 0.484 e. The molecule has 1 fully saturated rings. The summed E-state index contributed by atoms with van der Waals surface area (Å²) in [5.41, 5.74) is 2.63. The number of anilines is 1. The van der Waals surface area contributed by atoms with E-state index in [4.69, 9.17) is 4.74 Å². The maximum absolute atomic E-state index is 12.3. The lowest BCUT2D eigenvalue weighted by molar-refractivity contribution is -0.118. The van der Waals surface area contributed by atoms with E-state index in [0.717, 1.165) is 36.9 Å². The maximum atomic E-state index is 12.3. The van der Waals surface area contributed by atoms with Gasteiger partial charge in [0.05, 0.1) is 0 Å². The first-order valence-electron chi connectivity index (χ1n) is 10.1. The molecule has 6 heteroatoms. The van der Waals surface area contributed by atoms with Crippen LogP contribution in [0.2, 0.25) is 0 Å². The Kier molecular flexibility index (Phi) is 7.23. The second-order valence-corrected chi connectivity index (χ2v) is 7.40. The molecule has 0 radical (unpaired) electrons. The zero-order chi connectivity index (χ0) is 21.3. The van der Waals surface area contributed by atoms with Crippen molar-refractivity contribution in [3.63, 3.8) is 0 Å². The molecule has 2 amide bonds. The predicted molar refractivity (Wildman–Crippen MR) is 116 cm³/mol. The van der Waals surface area contributed by atoms with Crippen molar-refractivity contribution in [1.82, 2.24) is 5.32 Å². The highest BCUT2D eigenvalue weighted by molar-refractivity contribution is 6.01. The van der Waals surface area contributed by atoms with Crippen molar-refractivity contribution in [3.8, 4) is 11.8 Å². The highest BCUT2D eigenvalue weighted by atomic mass is 16.5. The van der Waals surface area contributed by atoms with Crippen molar-refractivity contribution in [3.05, 3.63) is 65.2 Å². The Balaban J connectivity index is 1.52. The molecule has 0 aromatic heterocycles. The zero-order valence-corrected chi connectivity index (χ0v) is 17.0. The fourth-order valence-corrected chi connectivity index (χ4v) is 3.29. The van der Waals surface area contributed by atoms with Crippen LogP contribution in [0, 0.1) is 18.3 Å². The van der Waals surface area contributed by atoms with Gasteiger partial charge in [-0.15, -0.1) is 0 Å². The molecule has 2 N–H and O–H groups in total. The van der Waals surface area contributed by atoms with E-state index in [1.54, 1.807) is 30.3 Å². The summed E-state index contributed by atoms with van der Waals surface area (Å²) in [6, 6.07) is 16.5. The van der Waals surface area contributed by atoms with Crippen LogP contribution in [0.3, 0.4) is 0 Å².